The molecule has 3 unspecified atom stereocenters. The highest BCUT2D eigenvalue weighted by Crippen LogP contribution is 2.37. The zero-order valence-corrected chi connectivity index (χ0v) is 19.0. The Kier molecular flexibility index (Phi) is 6.74. The standard InChI is InChI=1S/C28H28N2O3/c1-19(2)17-25(30-27(32)23-13-6-7-14-24(23)28(30)33)26(31)29-22-12-8-11-21(18-22)16-15-20-9-4-3-5-10-20/h3-12,18-19,23-25H,13-14,17H2,1-2H3,(H,29,31). The third-order valence-corrected chi connectivity index (χ3v) is 6.11. The van der Waals surface area contributed by atoms with Crippen molar-refractivity contribution in [2.75, 3.05) is 5.32 Å². The zero-order chi connectivity index (χ0) is 23.4. The van der Waals surface area contributed by atoms with Gasteiger partial charge in [0.05, 0.1) is 11.8 Å². The van der Waals surface area contributed by atoms with Gasteiger partial charge in [0, 0.05) is 16.8 Å². The number of anilines is 1. The van der Waals surface area contributed by atoms with Crippen LogP contribution in [-0.2, 0) is 14.4 Å². The second kappa shape index (κ2) is 9.87. The molecular formula is C28H28N2O3. The van der Waals surface area contributed by atoms with Gasteiger partial charge in [0.2, 0.25) is 17.7 Å². The van der Waals surface area contributed by atoms with Gasteiger partial charge in [-0.2, -0.15) is 0 Å². The quantitative estimate of drug-likeness (QED) is 0.426. The van der Waals surface area contributed by atoms with Crippen LogP contribution in [-0.4, -0.2) is 28.7 Å². The summed E-state index contributed by atoms with van der Waals surface area (Å²) in [7, 11) is 0. The Balaban J connectivity index is 1.53. The van der Waals surface area contributed by atoms with E-state index < -0.39 is 6.04 Å². The molecule has 3 atom stereocenters. The number of nitrogens with one attached hydrogen (secondary N) is 1. The SMILES string of the molecule is CC(C)CC(C(=O)Nc1cccc(C#Cc2ccccc2)c1)N1C(=O)C2CC=CCC2C1=O. The fraction of sp³-hybridized carbons (Fsp3) is 0.321. The summed E-state index contributed by atoms with van der Waals surface area (Å²) < 4.78 is 0. The molecule has 33 heavy (non-hydrogen) atoms. The molecule has 168 valence electrons. The number of hydrogen-bond acceptors (Lipinski definition) is 3. The first kappa shape index (κ1) is 22.5. The molecule has 2 aromatic rings. The second-order valence-corrected chi connectivity index (χ2v) is 9.03. The number of amides is 3. The van der Waals surface area contributed by atoms with Crippen molar-refractivity contribution in [1.29, 1.82) is 0 Å². The average molecular weight is 441 g/mol. The Bertz CT molecular complexity index is 1110. The van der Waals surface area contributed by atoms with Crippen molar-refractivity contribution < 1.29 is 14.4 Å². The Labute approximate surface area is 194 Å². The lowest BCUT2D eigenvalue weighted by Gasteiger charge is -2.27. The molecule has 1 heterocycles. The molecule has 0 aromatic heterocycles. The normalized spacial score (nSPS) is 20.3. The number of hydrogen-bond donors (Lipinski definition) is 1. The maximum absolute atomic E-state index is 13.3. The van der Waals surface area contributed by atoms with Crippen molar-refractivity contribution in [3.8, 4) is 11.8 Å². The third kappa shape index (κ3) is 5.06. The van der Waals surface area contributed by atoms with Crippen LogP contribution in [0.4, 0.5) is 5.69 Å². The number of allylic oxidation sites excluding steroid dienone is 2. The predicted octanol–water partition coefficient (Wildman–Crippen LogP) is 4.39. The summed E-state index contributed by atoms with van der Waals surface area (Å²) in [5.74, 6) is 4.88. The van der Waals surface area contributed by atoms with Crippen molar-refractivity contribution in [2.45, 2.75) is 39.2 Å². The Morgan fingerprint density at radius 3 is 2.18 bits per heavy atom. The third-order valence-electron chi connectivity index (χ3n) is 6.11. The monoisotopic (exact) mass is 440 g/mol. The van der Waals surface area contributed by atoms with Crippen LogP contribution in [0.1, 0.15) is 44.2 Å². The van der Waals surface area contributed by atoms with Gasteiger partial charge in [-0.1, -0.05) is 62.1 Å². The molecule has 0 saturated carbocycles. The first-order chi connectivity index (χ1) is 15.9. The summed E-state index contributed by atoms with van der Waals surface area (Å²) in [5, 5.41) is 2.92. The zero-order valence-electron chi connectivity index (χ0n) is 19.0. The van der Waals surface area contributed by atoms with E-state index in [1.807, 2.05) is 68.5 Å². The molecule has 1 N–H and O–H groups in total. The number of imide groups is 1. The molecule has 2 aromatic carbocycles. The molecule has 1 aliphatic heterocycles. The highest BCUT2D eigenvalue weighted by atomic mass is 16.2. The molecule has 0 spiro atoms. The van der Waals surface area contributed by atoms with E-state index in [1.54, 1.807) is 12.1 Å². The molecule has 3 amide bonds. The van der Waals surface area contributed by atoms with E-state index in [0.717, 1.165) is 11.1 Å². The van der Waals surface area contributed by atoms with Crippen LogP contribution in [0.2, 0.25) is 0 Å². The molecule has 2 aliphatic rings. The number of nitrogens with zero attached hydrogens (tertiary/aromatic N) is 1. The van der Waals surface area contributed by atoms with Gasteiger partial charge in [0.25, 0.3) is 0 Å². The summed E-state index contributed by atoms with van der Waals surface area (Å²) in [6, 6.07) is 16.2. The van der Waals surface area contributed by atoms with Crippen molar-refractivity contribution in [1.82, 2.24) is 4.90 Å². The molecule has 0 radical (unpaired) electrons. The van der Waals surface area contributed by atoms with Gasteiger partial charge in [-0.25, -0.2) is 0 Å². The molecule has 5 heteroatoms. The fourth-order valence-electron chi connectivity index (χ4n) is 4.48. The molecular weight excluding hydrogens is 412 g/mol. The van der Waals surface area contributed by atoms with Gasteiger partial charge in [-0.3, -0.25) is 19.3 Å². The molecule has 1 aliphatic carbocycles. The predicted molar refractivity (Wildman–Crippen MR) is 128 cm³/mol. The van der Waals surface area contributed by atoms with Crippen LogP contribution in [0, 0.1) is 29.6 Å². The number of benzene rings is 2. The summed E-state index contributed by atoms with van der Waals surface area (Å²) in [5.41, 5.74) is 2.26. The molecule has 1 fully saturated rings. The number of carbonyl (C=O) groups is 3. The first-order valence-electron chi connectivity index (χ1n) is 11.4. The maximum Gasteiger partial charge on any atom is 0.247 e. The van der Waals surface area contributed by atoms with E-state index in [-0.39, 0.29) is 35.5 Å². The average Bonchev–Trinajstić information content (AvgIpc) is 3.07. The number of fused-ring (bicyclic) bond motifs is 1. The minimum atomic E-state index is -0.824. The van der Waals surface area contributed by atoms with E-state index in [1.165, 1.54) is 4.90 Å². The summed E-state index contributed by atoms with van der Waals surface area (Å²) in [6.45, 7) is 3.97. The second-order valence-electron chi connectivity index (χ2n) is 9.03. The number of rotatable bonds is 5. The largest absolute Gasteiger partial charge is 0.324 e. The summed E-state index contributed by atoms with van der Waals surface area (Å²) in [6.07, 6.45) is 5.45. The highest BCUT2D eigenvalue weighted by Gasteiger charge is 2.51. The smallest absolute Gasteiger partial charge is 0.247 e. The van der Waals surface area contributed by atoms with Gasteiger partial charge in [0.15, 0.2) is 0 Å². The van der Waals surface area contributed by atoms with Crippen LogP contribution in [0.25, 0.3) is 0 Å². The maximum atomic E-state index is 13.3. The Morgan fingerprint density at radius 1 is 0.939 bits per heavy atom. The van der Waals surface area contributed by atoms with Gasteiger partial charge >= 0.3 is 0 Å². The van der Waals surface area contributed by atoms with Gasteiger partial charge in [-0.15, -0.1) is 0 Å². The lowest BCUT2D eigenvalue weighted by molar-refractivity contribution is -0.147. The van der Waals surface area contributed by atoms with Crippen LogP contribution in [0.5, 0.6) is 0 Å². The van der Waals surface area contributed by atoms with E-state index in [2.05, 4.69) is 17.2 Å². The minimum absolute atomic E-state index is 0.144. The summed E-state index contributed by atoms with van der Waals surface area (Å²) >= 11 is 0. The number of carbonyl (C=O) groups excluding carboxylic acids is 3. The molecule has 1 saturated heterocycles. The van der Waals surface area contributed by atoms with Gasteiger partial charge < -0.3 is 5.32 Å². The van der Waals surface area contributed by atoms with E-state index in [0.29, 0.717) is 24.9 Å². The van der Waals surface area contributed by atoms with Crippen molar-refractivity contribution in [2.24, 2.45) is 17.8 Å². The van der Waals surface area contributed by atoms with E-state index in [4.69, 9.17) is 0 Å². The van der Waals surface area contributed by atoms with E-state index >= 15 is 0 Å². The van der Waals surface area contributed by atoms with Crippen LogP contribution in [0.3, 0.4) is 0 Å². The minimum Gasteiger partial charge on any atom is -0.324 e. The van der Waals surface area contributed by atoms with Crippen LogP contribution >= 0.6 is 0 Å². The molecule has 0 bridgehead atoms. The Morgan fingerprint density at radius 2 is 1.55 bits per heavy atom. The van der Waals surface area contributed by atoms with Gasteiger partial charge in [0.1, 0.15) is 6.04 Å². The van der Waals surface area contributed by atoms with Gasteiger partial charge in [-0.05, 0) is 55.5 Å². The van der Waals surface area contributed by atoms with Crippen LogP contribution in [0.15, 0.2) is 66.7 Å². The topological polar surface area (TPSA) is 66.5 Å². The lowest BCUT2D eigenvalue weighted by Crippen LogP contribution is -2.48. The van der Waals surface area contributed by atoms with Crippen molar-refractivity contribution in [3.63, 3.8) is 0 Å². The summed E-state index contributed by atoms with van der Waals surface area (Å²) in [4.78, 5) is 40.7. The number of likely N-dealkylation sites (tertiary alicyclic amines) is 1. The van der Waals surface area contributed by atoms with Crippen LogP contribution < -0.4 is 5.32 Å². The highest BCUT2D eigenvalue weighted by molar-refractivity contribution is 6.10. The lowest BCUT2D eigenvalue weighted by atomic mass is 9.85. The Hall–Kier alpha value is -3.65. The molecule has 5 nitrogen and oxygen atoms in total. The van der Waals surface area contributed by atoms with Crippen molar-refractivity contribution >= 4 is 23.4 Å². The molecule has 4 rings (SSSR count). The van der Waals surface area contributed by atoms with Crippen molar-refractivity contribution in [3.05, 3.63) is 77.9 Å². The fourth-order valence-corrected chi connectivity index (χ4v) is 4.48. The van der Waals surface area contributed by atoms with E-state index in [9.17, 15) is 14.4 Å². The first-order valence-corrected chi connectivity index (χ1v) is 11.4.